The van der Waals surface area contributed by atoms with Crippen molar-refractivity contribution in [3.8, 4) is 0 Å². The Morgan fingerprint density at radius 1 is 1.03 bits per heavy atom. The number of sulfonamides is 1. The number of nitrogens with zero attached hydrogens (tertiary/aromatic N) is 2. The van der Waals surface area contributed by atoms with Gasteiger partial charge in [-0.2, -0.15) is 4.31 Å². The molecule has 0 bridgehead atoms. The number of amides is 1. The van der Waals surface area contributed by atoms with E-state index in [2.05, 4.69) is 0 Å². The summed E-state index contributed by atoms with van der Waals surface area (Å²) in [6.45, 7) is 1.53. The fourth-order valence-electron chi connectivity index (χ4n) is 3.70. The number of ether oxygens (including phenoxy) is 1. The van der Waals surface area contributed by atoms with Crippen LogP contribution < -0.4 is 4.31 Å². The number of halogens is 2. The van der Waals surface area contributed by atoms with Gasteiger partial charge in [-0.25, -0.2) is 13.2 Å². The zero-order chi connectivity index (χ0) is 27.1. The Labute approximate surface area is 220 Å². The molecule has 0 aliphatic heterocycles. The van der Waals surface area contributed by atoms with E-state index in [1.54, 1.807) is 6.07 Å². The highest BCUT2D eigenvalue weighted by Crippen LogP contribution is 2.35. The van der Waals surface area contributed by atoms with Gasteiger partial charge in [0.05, 0.1) is 33.2 Å². The third kappa shape index (κ3) is 4.64. The minimum Gasteiger partial charge on any atom is -0.465 e. The van der Waals surface area contributed by atoms with E-state index >= 15 is 0 Å². The summed E-state index contributed by atoms with van der Waals surface area (Å²) in [5.41, 5.74) is -0.703. The van der Waals surface area contributed by atoms with Gasteiger partial charge in [0.2, 0.25) is 0 Å². The first-order chi connectivity index (χ1) is 17.5. The van der Waals surface area contributed by atoms with E-state index in [-0.39, 0.29) is 43.6 Å². The smallest absolute Gasteiger partial charge is 0.342 e. The van der Waals surface area contributed by atoms with Crippen molar-refractivity contribution in [2.24, 2.45) is 0 Å². The molecule has 0 spiro atoms. The van der Waals surface area contributed by atoms with E-state index in [1.807, 2.05) is 0 Å². The van der Waals surface area contributed by atoms with Gasteiger partial charge in [0.25, 0.3) is 21.6 Å². The van der Waals surface area contributed by atoms with Gasteiger partial charge in [0.1, 0.15) is 21.9 Å². The number of nitro groups is 1. The van der Waals surface area contributed by atoms with Crippen molar-refractivity contribution >= 4 is 67.4 Å². The Balaban J connectivity index is 2.00. The number of carbonyl (C=O) groups excluding carboxylic acids is 2. The van der Waals surface area contributed by atoms with Crippen LogP contribution in [0.5, 0.6) is 0 Å². The van der Waals surface area contributed by atoms with Crippen LogP contribution in [0.2, 0.25) is 10.0 Å². The van der Waals surface area contributed by atoms with Crippen LogP contribution in [0.4, 0.5) is 11.4 Å². The Hall–Kier alpha value is -3.93. The van der Waals surface area contributed by atoms with Crippen LogP contribution in [-0.2, 0) is 14.8 Å². The third-order valence-electron chi connectivity index (χ3n) is 5.41. The number of furan rings is 1. The highest BCUT2D eigenvalue weighted by Gasteiger charge is 2.35. The molecule has 1 amide bonds. The molecule has 4 rings (SSSR count). The summed E-state index contributed by atoms with van der Waals surface area (Å²) in [5, 5.41) is 11.3. The van der Waals surface area contributed by atoms with Crippen molar-refractivity contribution in [2.45, 2.75) is 11.8 Å². The van der Waals surface area contributed by atoms with Crippen molar-refractivity contribution in [1.82, 2.24) is 0 Å². The molecule has 1 aromatic heterocycles. The Kier molecular flexibility index (Phi) is 6.96. The van der Waals surface area contributed by atoms with Crippen molar-refractivity contribution in [2.75, 3.05) is 11.4 Å². The molecule has 190 valence electrons. The van der Waals surface area contributed by atoms with Crippen LogP contribution in [-0.4, -0.2) is 32.3 Å². The van der Waals surface area contributed by atoms with Crippen molar-refractivity contribution in [3.05, 3.63) is 97.7 Å². The monoisotopic (exact) mass is 562 g/mol. The second kappa shape index (κ2) is 9.85. The quantitative estimate of drug-likeness (QED) is 0.164. The summed E-state index contributed by atoms with van der Waals surface area (Å²) in [6.07, 6.45) is 0. The minimum atomic E-state index is -4.78. The molecule has 0 saturated carbocycles. The van der Waals surface area contributed by atoms with Gasteiger partial charge in [-0.05, 0) is 49.4 Å². The van der Waals surface area contributed by atoms with Gasteiger partial charge < -0.3 is 9.15 Å². The molecule has 0 aliphatic carbocycles. The van der Waals surface area contributed by atoms with Gasteiger partial charge in [0, 0.05) is 11.5 Å². The van der Waals surface area contributed by atoms with E-state index in [0.717, 1.165) is 18.2 Å². The van der Waals surface area contributed by atoms with E-state index in [9.17, 15) is 28.1 Å². The number of aryl methyl sites for hydroxylation is 1. The fraction of sp³-hybridized carbons (Fsp3) is 0.0833. The van der Waals surface area contributed by atoms with Crippen LogP contribution in [0.25, 0.3) is 11.0 Å². The highest BCUT2D eigenvalue weighted by molar-refractivity contribution is 7.93. The molecule has 0 unspecified atom stereocenters. The molecule has 0 saturated heterocycles. The minimum absolute atomic E-state index is 0.0229. The molecule has 0 N–H and O–H groups in total. The number of esters is 1. The van der Waals surface area contributed by atoms with E-state index in [4.69, 9.17) is 32.4 Å². The molecule has 0 aliphatic rings. The maximum atomic E-state index is 13.8. The maximum Gasteiger partial charge on any atom is 0.342 e. The normalized spacial score (nSPS) is 11.4. The number of fused-ring (bicyclic) bond motifs is 1. The van der Waals surface area contributed by atoms with Crippen LogP contribution in [0, 0.1) is 17.0 Å². The summed E-state index contributed by atoms with van der Waals surface area (Å²) in [6, 6.07) is 12.6. The number of hydrogen-bond acceptors (Lipinski definition) is 8. The van der Waals surface area contributed by atoms with E-state index < -0.39 is 37.4 Å². The lowest BCUT2D eigenvalue weighted by atomic mass is 10.1. The summed E-state index contributed by atoms with van der Waals surface area (Å²) in [7, 11) is -3.60. The van der Waals surface area contributed by atoms with Crippen molar-refractivity contribution in [1.29, 1.82) is 0 Å². The molecular formula is C24H16Cl2N2O8S. The molecular weight excluding hydrogens is 547 g/mol. The summed E-state index contributed by atoms with van der Waals surface area (Å²) in [4.78, 5) is 36.0. The first-order valence-electron chi connectivity index (χ1n) is 10.4. The molecule has 3 aromatic carbocycles. The lowest BCUT2D eigenvalue weighted by molar-refractivity contribution is -0.384. The Morgan fingerprint density at radius 3 is 2.38 bits per heavy atom. The number of benzene rings is 3. The predicted octanol–water partition coefficient (Wildman–Crippen LogP) is 5.78. The average molecular weight is 563 g/mol. The molecule has 10 nitrogen and oxygen atoms in total. The number of nitro benzene ring substituents is 1. The highest BCUT2D eigenvalue weighted by atomic mass is 35.5. The predicted molar refractivity (Wildman–Crippen MR) is 136 cm³/mol. The van der Waals surface area contributed by atoms with Gasteiger partial charge in [0.15, 0.2) is 0 Å². The Bertz CT molecular complexity index is 1700. The zero-order valence-corrected chi connectivity index (χ0v) is 21.4. The largest absolute Gasteiger partial charge is 0.465 e. The van der Waals surface area contributed by atoms with E-state index in [0.29, 0.717) is 4.31 Å². The van der Waals surface area contributed by atoms with Gasteiger partial charge in [-0.1, -0.05) is 35.3 Å². The first kappa shape index (κ1) is 26.1. The zero-order valence-electron chi connectivity index (χ0n) is 19.1. The van der Waals surface area contributed by atoms with Crippen molar-refractivity contribution < 1.29 is 32.1 Å². The summed E-state index contributed by atoms with van der Waals surface area (Å²) < 4.78 is 38.5. The second-order valence-corrected chi connectivity index (χ2v) is 10.2. The topological polar surface area (TPSA) is 137 Å². The molecule has 1 heterocycles. The lowest BCUT2D eigenvalue weighted by Crippen LogP contribution is -2.37. The van der Waals surface area contributed by atoms with Crippen LogP contribution in [0.1, 0.15) is 26.5 Å². The van der Waals surface area contributed by atoms with Gasteiger partial charge >= 0.3 is 5.97 Å². The first-order valence-corrected chi connectivity index (χ1v) is 12.6. The molecule has 37 heavy (non-hydrogen) atoms. The maximum absolute atomic E-state index is 13.8. The molecule has 0 atom stereocenters. The Morgan fingerprint density at radius 2 is 1.73 bits per heavy atom. The summed E-state index contributed by atoms with van der Waals surface area (Å²) >= 11 is 12.0. The van der Waals surface area contributed by atoms with Crippen molar-refractivity contribution in [3.63, 3.8) is 0 Å². The fourth-order valence-corrected chi connectivity index (χ4v) is 5.52. The molecule has 13 heteroatoms. The number of rotatable bonds is 6. The average Bonchev–Trinajstić information content (AvgIpc) is 3.18. The van der Waals surface area contributed by atoms with Gasteiger partial charge in [-0.3, -0.25) is 14.9 Å². The van der Waals surface area contributed by atoms with E-state index in [1.165, 1.54) is 50.4 Å². The number of carbonyl (C=O) groups is 2. The SMILES string of the molecule is COC(=O)c1c(C)oc2ccc(N(C(=O)c3ccccc3Cl)S(=O)(=O)c3ccc(Cl)c([N+](=O)[O-])c3)cc12. The number of methoxy groups -OCH3 is 1. The molecule has 4 aromatic rings. The molecule has 0 radical (unpaired) electrons. The third-order valence-corrected chi connectivity index (χ3v) is 7.77. The lowest BCUT2D eigenvalue weighted by Gasteiger charge is -2.23. The number of hydrogen-bond donors (Lipinski definition) is 0. The second-order valence-electron chi connectivity index (χ2n) is 7.63. The van der Waals surface area contributed by atoms with Crippen LogP contribution in [0.3, 0.4) is 0 Å². The van der Waals surface area contributed by atoms with Crippen LogP contribution in [0.15, 0.2) is 70.0 Å². The molecule has 0 fully saturated rings. The van der Waals surface area contributed by atoms with Crippen LogP contribution >= 0.6 is 23.2 Å². The summed E-state index contributed by atoms with van der Waals surface area (Å²) in [5.74, 6) is -1.55. The standard InChI is InChI=1S/C24H16Cl2N2O8S/c1-13-22(24(30)35-2)17-11-14(7-10-21(17)36-13)27(23(29)16-5-3-4-6-18(16)25)37(33,34)15-8-9-19(26)20(12-15)28(31)32/h3-12H,1-2H3. The number of anilines is 1. The van der Waals surface area contributed by atoms with Gasteiger partial charge in [-0.15, -0.1) is 0 Å².